The van der Waals surface area contributed by atoms with Gasteiger partial charge in [0.15, 0.2) is 0 Å². The van der Waals surface area contributed by atoms with Gasteiger partial charge in [0.1, 0.15) is 5.60 Å². The molecule has 2 heterocycles. The molecular formula is C14H25N3O2. The maximum absolute atomic E-state index is 11.5. The molecule has 108 valence electrons. The first kappa shape index (κ1) is 15.5. The SMILES string of the molecule is CC(C)(C)OC(=O)N1CCCCC1.Cn1ccnc1. The zero-order valence-electron chi connectivity index (χ0n) is 12.4. The summed E-state index contributed by atoms with van der Waals surface area (Å²) in [5.41, 5.74) is -0.367. The quantitative estimate of drug-likeness (QED) is 0.726. The van der Waals surface area contributed by atoms with Crippen molar-refractivity contribution in [3.05, 3.63) is 18.7 Å². The average Bonchev–Trinajstić information content (AvgIpc) is 2.80. The van der Waals surface area contributed by atoms with Gasteiger partial charge in [-0.15, -0.1) is 0 Å². The molecule has 5 heteroatoms. The van der Waals surface area contributed by atoms with Gasteiger partial charge in [-0.2, -0.15) is 0 Å². The summed E-state index contributed by atoms with van der Waals surface area (Å²) in [6, 6.07) is 0. The van der Waals surface area contributed by atoms with Crippen molar-refractivity contribution in [2.75, 3.05) is 13.1 Å². The van der Waals surface area contributed by atoms with Crippen LogP contribution in [0, 0.1) is 0 Å². The van der Waals surface area contributed by atoms with Crippen molar-refractivity contribution in [3.63, 3.8) is 0 Å². The smallest absolute Gasteiger partial charge is 0.410 e. The molecule has 2 rings (SSSR count). The Balaban J connectivity index is 0.000000250. The molecule has 0 bridgehead atoms. The van der Waals surface area contributed by atoms with E-state index in [4.69, 9.17) is 4.74 Å². The number of rotatable bonds is 0. The molecule has 0 N–H and O–H groups in total. The first-order chi connectivity index (χ1) is 8.88. The number of carbonyl (C=O) groups excluding carboxylic acids is 1. The fourth-order valence-electron chi connectivity index (χ4n) is 1.73. The summed E-state index contributed by atoms with van der Waals surface area (Å²) in [6.07, 6.45) is 8.69. The molecule has 1 aromatic rings. The van der Waals surface area contributed by atoms with Crippen molar-refractivity contribution in [3.8, 4) is 0 Å². The summed E-state index contributed by atoms with van der Waals surface area (Å²) in [5, 5.41) is 0. The lowest BCUT2D eigenvalue weighted by Gasteiger charge is -2.29. The molecule has 5 nitrogen and oxygen atoms in total. The first-order valence-corrected chi connectivity index (χ1v) is 6.78. The van der Waals surface area contributed by atoms with E-state index in [2.05, 4.69) is 4.98 Å². The number of ether oxygens (including phenoxy) is 1. The van der Waals surface area contributed by atoms with Crippen molar-refractivity contribution < 1.29 is 9.53 Å². The Morgan fingerprint density at radius 3 is 2.21 bits per heavy atom. The average molecular weight is 267 g/mol. The third kappa shape index (κ3) is 6.84. The van der Waals surface area contributed by atoms with Gasteiger partial charge in [0.05, 0.1) is 6.33 Å². The number of hydrogen-bond acceptors (Lipinski definition) is 3. The number of hydrogen-bond donors (Lipinski definition) is 0. The highest BCUT2D eigenvalue weighted by Gasteiger charge is 2.22. The largest absolute Gasteiger partial charge is 0.444 e. The van der Waals surface area contributed by atoms with Crippen LogP contribution in [0.1, 0.15) is 40.0 Å². The van der Waals surface area contributed by atoms with E-state index >= 15 is 0 Å². The van der Waals surface area contributed by atoms with E-state index in [9.17, 15) is 4.79 Å². The van der Waals surface area contributed by atoms with Crippen molar-refractivity contribution in [1.82, 2.24) is 14.5 Å². The molecule has 0 unspecified atom stereocenters. The number of aryl methyl sites for hydroxylation is 1. The van der Waals surface area contributed by atoms with Crippen LogP contribution < -0.4 is 0 Å². The zero-order valence-corrected chi connectivity index (χ0v) is 12.4. The molecule has 1 saturated heterocycles. The lowest BCUT2D eigenvalue weighted by Crippen LogP contribution is -2.39. The predicted molar refractivity (Wildman–Crippen MR) is 74.9 cm³/mol. The molecule has 1 aromatic heterocycles. The molecular weight excluding hydrogens is 242 g/mol. The minimum atomic E-state index is -0.367. The standard InChI is InChI=1S/C10H19NO2.C4H6N2/c1-10(2,3)13-9(12)11-7-5-4-6-8-11;1-6-3-2-5-4-6/h4-8H2,1-3H3;2-4H,1H3. The molecule has 1 aliphatic heterocycles. The minimum Gasteiger partial charge on any atom is -0.444 e. The second-order valence-corrected chi connectivity index (χ2v) is 5.76. The van der Waals surface area contributed by atoms with Gasteiger partial charge in [0, 0.05) is 32.5 Å². The van der Waals surface area contributed by atoms with Crippen molar-refractivity contribution in [1.29, 1.82) is 0 Å². The summed E-state index contributed by atoms with van der Waals surface area (Å²) in [7, 11) is 1.94. The summed E-state index contributed by atoms with van der Waals surface area (Å²) < 4.78 is 7.15. The number of aromatic nitrogens is 2. The third-order valence-electron chi connectivity index (χ3n) is 2.64. The van der Waals surface area contributed by atoms with Crippen LogP contribution >= 0.6 is 0 Å². The van der Waals surface area contributed by atoms with Crippen LogP contribution in [0.3, 0.4) is 0 Å². The van der Waals surface area contributed by atoms with Gasteiger partial charge in [-0.05, 0) is 40.0 Å². The third-order valence-corrected chi connectivity index (χ3v) is 2.64. The Labute approximate surface area is 115 Å². The summed E-state index contributed by atoms with van der Waals surface area (Å²) >= 11 is 0. The van der Waals surface area contributed by atoms with Crippen LogP contribution in [0.4, 0.5) is 4.79 Å². The van der Waals surface area contributed by atoms with Crippen molar-refractivity contribution in [2.24, 2.45) is 7.05 Å². The van der Waals surface area contributed by atoms with E-state index in [1.165, 1.54) is 6.42 Å². The first-order valence-electron chi connectivity index (χ1n) is 6.78. The molecule has 0 aliphatic carbocycles. The zero-order chi connectivity index (χ0) is 14.3. The van der Waals surface area contributed by atoms with E-state index in [1.807, 2.05) is 38.6 Å². The van der Waals surface area contributed by atoms with E-state index in [0.29, 0.717) is 0 Å². The van der Waals surface area contributed by atoms with Gasteiger partial charge in [-0.1, -0.05) is 0 Å². The van der Waals surface area contributed by atoms with Crippen LogP contribution in [0.2, 0.25) is 0 Å². The Morgan fingerprint density at radius 2 is 1.84 bits per heavy atom. The predicted octanol–water partition coefficient (Wildman–Crippen LogP) is 2.83. The molecule has 1 amide bonds. The molecule has 0 aromatic carbocycles. The Morgan fingerprint density at radius 1 is 1.21 bits per heavy atom. The summed E-state index contributed by atoms with van der Waals surface area (Å²) in [5.74, 6) is 0. The van der Waals surface area contributed by atoms with Gasteiger partial charge in [0.2, 0.25) is 0 Å². The summed E-state index contributed by atoms with van der Waals surface area (Å²) in [4.78, 5) is 17.1. The second-order valence-electron chi connectivity index (χ2n) is 5.76. The van der Waals surface area contributed by atoms with Crippen LogP contribution in [-0.2, 0) is 11.8 Å². The molecule has 0 radical (unpaired) electrons. The Bertz CT molecular complexity index is 363. The van der Waals surface area contributed by atoms with Gasteiger partial charge in [0.25, 0.3) is 0 Å². The maximum Gasteiger partial charge on any atom is 0.410 e. The summed E-state index contributed by atoms with van der Waals surface area (Å²) in [6.45, 7) is 7.41. The fraction of sp³-hybridized carbons (Fsp3) is 0.714. The highest BCUT2D eigenvalue weighted by molar-refractivity contribution is 5.68. The Kier molecular flexibility index (Phi) is 5.86. The molecule has 1 aliphatic rings. The number of piperidine rings is 1. The van der Waals surface area contributed by atoms with Crippen LogP contribution in [0.5, 0.6) is 0 Å². The fourth-order valence-corrected chi connectivity index (χ4v) is 1.73. The number of imidazole rings is 1. The van der Waals surface area contributed by atoms with E-state index < -0.39 is 0 Å². The van der Waals surface area contributed by atoms with Crippen LogP contribution in [0.25, 0.3) is 0 Å². The number of amides is 1. The van der Waals surface area contributed by atoms with E-state index in [-0.39, 0.29) is 11.7 Å². The topological polar surface area (TPSA) is 47.4 Å². The number of nitrogens with zero attached hydrogens (tertiary/aromatic N) is 3. The minimum absolute atomic E-state index is 0.160. The van der Waals surface area contributed by atoms with Crippen LogP contribution in [-0.4, -0.2) is 39.2 Å². The molecule has 0 spiro atoms. The Hall–Kier alpha value is -1.52. The van der Waals surface area contributed by atoms with E-state index in [1.54, 1.807) is 17.4 Å². The normalized spacial score (nSPS) is 15.5. The van der Waals surface area contributed by atoms with Crippen molar-refractivity contribution >= 4 is 6.09 Å². The lowest BCUT2D eigenvalue weighted by atomic mass is 10.1. The number of carbonyl (C=O) groups is 1. The van der Waals surface area contributed by atoms with Crippen LogP contribution in [0.15, 0.2) is 18.7 Å². The molecule has 0 saturated carbocycles. The number of likely N-dealkylation sites (tertiary alicyclic amines) is 1. The lowest BCUT2D eigenvalue weighted by molar-refractivity contribution is 0.0216. The monoisotopic (exact) mass is 267 g/mol. The van der Waals surface area contributed by atoms with Crippen molar-refractivity contribution in [2.45, 2.75) is 45.6 Å². The molecule has 0 atom stereocenters. The van der Waals surface area contributed by atoms with Gasteiger partial charge < -0.3 is 14.2 Å². The van der Waals surface area contributed by atoms with E-state index in [0.717, 1.165) is 25.9 Å². The molecule has 19 heavy (non-hydrogen) atoms. The van der Waals surface area contributed by atoms with Gasteiger partial charge >= 0.3 is 6.09 Å². The van der Waals surface area contributed by atoms with Gasteiger partial charge in [-0.3, -0.25) is 0 Å². The highest BCUT2D eigenvalue weighted by atomic mass is 16.6. The molecule has 1 fully saturated rings. The highest BCUT2D eigenvalue weighted by Crippen LogP contribution is 2.14. The second kappa shape index (κ2) is 7.16. The van der Waals surface area contributed by atoms with Gasteiger partial charge in [-0.25, -0.2) is 9.78 Å². The maximum atomic E-state index is 11.5.